The second-order valence-electron chi connectivity index (χ2n) is 18.5. The molecule has 7 atom stereocenters. The van der Waals surface area contributed by atoms with Crippen LogP contribution in [0.1, 0.15) is 76.8 Å². The Balaban J connectivity index is 1.09. The summed E-state index contributed by atoms with van der Waals surface area (Å²) < 4.78 is 0. The molecule has 7 unspecified atom stereocenters. The number of allylic oxidation sites excluding steroid dienone is 8. The van der Waals surface area contributed by atoms with E-state index in [1.165, 1.54) is 64.6 Å². The van der Waals surface area contributed by atoms with Crippen molar-refractivity contribution < 1.29 is 0 Å². The lowest BCUT2D eigenvalue weighted by Gasteiger charge is -2.60. The van der Waals surface area contributed by atoms with E-state index in [1.54, 1.807) is 28.0 Å². The summed E-state index contributed by atoms with van der Waals surface area (Å²) in [5.41, 5.74) is 15.4. The Bertz CT molecular complexity index is 2470. The topological polar surface area (TPSA) is 6.48 Å². The summed E-state index contributed by atoms with van der Waals surface area (Å²) in [5, 5.41) is 2.63. The Morgan fingerprint density at radius 1 is 0.737 bits per heavy atom. The normalized spacial score (nSPS) is 28.9. The zero-order valence-corrected chi connectivity index (χ0v) is 33.9. The van der Waals surface area contributed by atoms with Crippen molar-refractivity contribution in [3.8, 4) is 0 Å². The van der Waals surface area contributed by atoms with Crippen molar-refractivity contribution in [2.24, 2.45) is 35.0 Å². The zero-order valence-electron chi connectivity index (χ0n) is 33.9. The molecule has 286 valence electrons. The highest BCUT2D eigenvalue weighted by molar-refractivity contribution is 5.86. The molecule has 7 aliphatic rings. The summed E-state index contributed by atoms with van der Waals surface area (Å²) in [6, 6.07) is 35.3. The molecule has 0 heterocycles. The van der Waals surface area contributed by atoms with Crippen LogP contribution >= 0.6 is 0 Å². The second kappa shape index (κ2) is 13.8. The van der Waals surface area contributed by atoms with Crippen molar-refractivity contribution in [2.45, 2.75) is 84.2 Å². The van der Waals surface area contributed by atoms with Gasteiger partial charge in [0.05, 0.1) is 12.1 Å². The third kappa shape index (κ3) is 5.72. The Morgan fingerprint density at radius 2 is 1.58 bits per heavy atom. The van der Waals surface area contributed by atoms with E-state index in [0.717, 1.165) is 25.7 Å². The van der Waals surface area contributed by atoms with Crippen LogP contribution in [-0.4, -0.2) is 12.1 Å². The SMILES string of the molecule is CCC1=CC(N(c2ccc3ccccc3c2)C2C=CC=CC2)C2C=C3C4C(C=C(N(c5ccccc5)c5ccc6c(c5)CCC=C6)C5CCC1=C2C54)CCC3(C)C. The van der Waals surface area contributed by atoms with Gasteiger partial charge in [0, 0.05) is 34.6 Å². The van der Waals surface area contributed by atoms with Crippen LogP contribution in [0, 0.1) is 35.0 Å². The molecule has 1 saturated carbocycles. The van der Waals surface area contributed by atoms with Crippen LogP contribution in [-0.2, 0) is 6.42 Å². The van der Waals surface area contributed by atoms with Gasteiger partial charge in [0.1, 0.15) is 0 Å². The molecule has 7 aliphatic carbocycles. The number of hydrogen-bond donors (Lipinski definition) is 0. The third-order valence-corrected chi connectivity index (χ3v) is 15.1. The van der Waals surface area contributed by atoms with Gasteiger partial charge in [0.2, 0.25) is 0 Å². The van der Waals surface area contributed by atoms with Gasteiger partial charge in [-0.15, -0.1) is 0 Å². The van der Waals surface area contributed by atoms with Crippen LogP contribution in [0.2, 0.25) is 0 Å². The van der Waals surface area contributed by atoms with Gasteiger partial charge < -0.3 is 9.80 Å². The van der Waals surface area contributed by atoms with E-state index in [0.29, 0.717) is 35.6 Å². The van der Waals surface area contributed by atoms with E-state index in [2.05, 4.69) is 176 Å². The molecule has 2 nitrogen and oxygen atoms in total. The molecule has 0 amide bonds. The van der Waals surface area contributed by atoms with E-state index in [-0.39, 0.29) is 11.5 Å². The highest BCUT2D eigenvalue weighted by atomic mass is 15.2. The van der Waals surface area contributed by atoms with Crippen LogP contribution in [0.15, 0.2) is 168 Å². The monoisotopic (exact) mass is 744 g/mol. The summed E-state index contributed by atoms with van der Waals surface area (Å²) in [7, 11) is 0. The van der Waals surface area contributed by atoms with Gasteiger partial charge in [0.25, 0.3) is 0 Å². The maximum atomic E-state index is 2.86. The predicted octanol–water partition coefficient (Wildman–Crippen LogP) is 13.9. The standard InChI is InChI=1S/C55H56N2/c1-4-36-33-51(57(43-21-9-6-10-22-43)45-26-24-38-16-12-14-18-40(38)32-45)48-35-49-52-41(29-30-55(49,2)3)34-50(47-28-27-46(36)53(48)54(47)52)56(42-19-7-5-8-20-42)44-25-23-37-15-11-13-17-39(37)31-44/h5-12,14-16,18-21,23-26,31-35,41,43,47-48,51-52,54H,4,13,17,22,27-30H2,1-3H3. The molecule has 0 saturated heterocycles. The molecule has 11 rings (SSSR count). The molecule has 1 fully saturated rings. The summed E-state index contributed by atoms with van der Waals surface area (Å²) >= 11 is 0. The smallest absolute Gasteiger partial charge is 0.0585 e. The molecule has 4 aromatic rings. The number of nitrogens with zero attached hydrogens (tertiary/aromatic N) is 2. The molecule has 0 bridgehead atoms. The number of benzene rings is 4. The predicted molar refractivity (Wildman–Crippen MR) is 241 cm³/mol. The molecule has 57 heavy (non-hydrogen) atoms. The summed E-state index contributed by atoms with van der Waals surface area (Å²) in [6.07, 6.45) is 31.7. The van der Waals surface area contributed by atoms with Crippen molar-refractivity contribution in [3.05, 3.63) is 179 Å². The average molecular weight is 745 g/mol. The largest absolute Gasteiger partial charge is 0.357 e. The van der Waals surface area contributed by atoms with E-state index >= 15 is 0 Å². The summed E-state index contributed by atoms with van der Waals surface area (Å²) in [4.78, 5) is 5.54. The molecule has 0 spiro atoms. The molecule has 0 aromatic heterocycles. The van der Waals surface area contributed by atoms with Crippen molar-refractivity contribution in [2.75, 3.05) is 9.80 Å². The molecule has 4 aromatic carbocycles. The van der Waals surface area contributed by atoms with E-state index in [4.69, 9.17) is 0 Å². The van der Waals surface area contributed by atoms with Gasteiger partial charge in [0.15, 0.2) is 0 Å². The van der Waals surface area contributed by atoms with Crippen LogP contribution < -0.4 is 9.80 Å². The fourth-order valence-corrected chi connectivity index (χ4v) is 12.5. The van der Waals surface area contributed by atoms with Gasteiger partial charge in [-0.25, -0.2) is 0 Å². The van der Waals surface area contributed by atoms with Crippen molar-refractivity contribution in [3.63, 3.8) is 0 Å². The summed E-state index contributed by atoms with van der Waals surface area (Å²) in [5.74, 6) is 2.42. The molecule has 0 aliphatic heterocycles. The number of fused-ring (bicyclic) bond motifs is 2. The summed E-state index contributed by atoms with van der Waals surface area (Å²) in [6.45, 7) is 7.55. The lowest BCUT2D eigenvalue weighted by atomic mass is 9.47. The first kappa shape index (κ1) is 35.1. The van der Waals surface area contributed by atoms with Gasteiger partial charge in [-0.05, 0) is 144 Å². The van der Waals surface area contributed by atoms with Crippen molar-refractivity contribution in [1.82, 2.24) is 0 Å². The Hall–Kier alpha value is -5.08. The third-order valence-electron chi connectivity index (χ3n) is 15.1. The number of aryl methyl sites for hydroxylation is 1. The fraction of sp³-hybridized carbons (Fsp3) is 0.345. The van der Waals surface area contributed by atoms with Crippen LogP contribution in [0.3, 0.4) is 0 Å². The van der Waals surface area contributed by atoms with Gasteiger partial charge in [-0.3, -0.25) is 0 Å². The minimum Gasteiger partial charge on any atom is -0.357 e. The van der Waals surface area contributed by atoms with Crippen molar-refractivity contribution in [1.29, 1.82) is 0 Å². The lowest BCUT2D eigenvalue weighted by Crippen LogP contribution is -2.55. The quantitative estimate of drug-likeness (QED) is 0.174. The number of para-hydroxylation sites is 1. The number of hydrogen-bond acceptors (Lipinski definition) is 2. The molecular weight excluding hydrogens is 689 g/mol. The van der Waals surface area contributed by atoms with Crippen molar-refractivity contribution >= 4 is 33.9 Å². The minimum atomic E-state index is 0.186. The van der Waals surface area contributed by atoms with Gasteiger partial charge in [-0.2, -0.15) is 0 Å². The van der Waals surface area contributed by atoms with Gasteiger partial charge in [-0.1, -0.05) is 141 Å². The van der Waals surface area contributed by atoms with Crippen LogP contribution in [0.5, 0.6) is 0 Å². The Morgan fingerprint density at radius 3 is 2.42 bits per heavy atom. The van der Waals surface area contributed by atoms with Gasteiger partial charge >= 0.3 is 0 Å². The fourth-order valence-electron chi connectivity index (χ4n) is 12.5. The minimum absolute atomic E-state index is 0.186. The van der Waals surface area contributed by atoms with E-state index in [9.17, 15) is 0 Å². The van der Waals surface area contributed by atoms with Crippen LogP contribution in [0.4, 0.5) is 17.1 Å². The second-order valence-corrected chi connectivity index (χ2v) is 18.5. The molecule has 2 heteroatoms. The maximum absolute atomic E-state index is 2.86. The first-order valence-electron chi connectivity index (χ1n) is 22.1. The van der Waals surface area contributed by atoms with Crippen LogP contribution in [0.25, 0.3) is 16.8 Å². The maximum Gasteiger partial charge on any atom is 0.0585 e. The highest BCUT2D eigenvalue weighted by Gasteiger charge is 2.57. The average Bonchev–Trinajstić information content (AvgIpc) is 3.26. The van der Waals surface area contributed by atoms with E-state index < -0.39 is 0 Å². The molecular formula is C55H56N2. The highest BCUT2D eigenvalue weighted by Crippen LogP contribution is 2.65. The molecule has 0 N–H and O–H groups in total. The van der Waals surface area contributed by atoms with E-state index in [1.807, 2.05) is 0 Å². The number of rotatable bonds is 7. The Kier molecular flexibility index (Phi) is 8.50. The lowest BCUT2D eigenvalue weighted by molar-refractivity contribution is 0.123. The number of anilines is 3. The zero-order chi connectivity index (χ0) is 38.3. The Labute approximate surface area is 340 Å². The molecule has 0 radical (unpaired) electrons. The first-order valence-corrected chi connectivity index (χ1v) is 22.1. The first-order chi connectivity index (χ1) is 28.0.